The zero-order valence-corrected chi connectivity index (χ0v) is 17.1. The zero-order valence-electron chi connectivity index (χ0n) is 16.3. The fourth-order valence-corrected chi connectivity index (χ4v) is 4.34. The van der Waals surface area contributed by atoms with Crippen molar-refractivity contribution in [3.05, 3.63) is 47.9 Å². The number of fused-ring (bicyclic) bond motifs is 1. The Morgan fingerprint density at radius 1 is 1.10 bits per heavy atom. The number of ether oxygens (including phenoxy) is 1. The summed E-state index contributed by atoms with van der Waals surface area (Å²) in [6, 6.07) is 8.45. The molecule has 11 heteroatoms. The maximum atomic E-state index is 12.6. The van der Waals surface area contributed by atoms with Crippen LogP contribution in [-0.2, 0) is 6.54 Å². The van der Waals surface area contributed by atoms with E-state index < -0.39 is 6.61 Å². The highest BCUT2D eigenvalue weighted by molar-refractivity contribution is 7.16. The fraction of sp³-hybridized carbons (Fsp3) is 0.300. The van der Waals surface area contributed by atoms with Crippen LogP contribution in [0.3, 0.4) is 0 Å². The Labute approximate surface area is 180 Å². The van der Waals surface area contributed by atoms with Gasteiger partial charge in [0.2, 0.25) is 11.7 Å². The molecule has 0 amide bonds. The average molecular weight is 444 g/mol. The van der Waals surface area contributed by atoms with Gasteiger partial charge in [-0.1, -0.05) is 17.3 Å². The van der Waals surface area contributed by atoms with E-state index >= 15 is 0 Å². The summed E-state index contributed by atoms with van der Waals surface area (Å²) < 4.78 is 35.2. The minimum absolute atomic E-state index is 0.0167. The summed E-state index contributed by atoms with van der Waals surface area (Å²) in [5.41, 5.74) is 0.367. The smallest absolute Gasteiger partial charge is 0.387 e. The minimum Gasteiger partial charge on any atom is -0.434 e. The summed E-state index contributed by atoms with van der Waals surface area (Å²) in [7, 11) is 0. The van der Waals surface area contributed by atoms with Gasteiger partial charge in [0.15, 0.2) is 0 Å². The van der Waals surface area contributed by atoms with Crippen LogP contribution in [0.1, 0.15) is 5.89 Å². The van der Waals surface area contributed by atoms with Gasteiger partial charge in [0.1, 0.15) is 22.7 Å². The van der Waals surface area contributed by atoms with E-state index in [0.29, 0.717) is 18.0 Å². The van der Waals surface area contributed by atoms with Crippen molar-refractivity contribution in [2.75, 3.05) is 31.1 Å². The summed E-state index contributed by atoms with van der Waals surface area (Å²) in [6.45, 7) is 0.795. The number of anilines is 1. The third-order valence-electron chi connectivity index (χ3n) is 5.08. The highest BCUT2D eigenvalue weighted by Crippen LogP contribution is 2.30. The molecule has 1 aromatic carbocycles. The Bertz CT molecular complexity index is 1180. The van der Waals surface area contributed by atoms with Gasteiger partial charge >= 0.3 is 6.61 Å². The molecule has 3 aromatic heterocycles. The van der Waals surface area contributed by atoms with Crippen LogP contribution >= 0.6 is 11.3 Å². The molecule has 1 aliphatic rings. The second kappa shape index (κ2) is 8.52. The van der Waals surface area contributed by atoms with Gasteiger partial charge in [0.25, 0.3) is 0 Å². The number of hydrogen-bond donors (Lipinski definition) is 0. The first-order valence-corrected chi connectivity index (χ1v) is 10.6. The molecule has 0 spiro atoms. The number of rotatable bonds is 6. The number of halogens is 2. The maximum absolute atomic E-state index is 12.6. The number of para-hydroxylation sites is 1. The predicted molar refractivity (Wildman–Crippen MR) is 111 cm³/mol. The molecule has 0 N–H and O–H groups in total. The fourth-order valence-electron chi connectivity index (χ4n) is 3.62. The van der Waals surface area contributed by atoms with Crippen LogP contribution < -0.4 is 9.64 Å². The molecule has 5 rings (SSSR count). The van der Waals surface area contributed by atoms with Gasteiger partial charge in [-0.2, -0.15) is 13.8 Å². The number of alkyl halides is 2. The van der Waals surface area contributed by atoms with E-state index in [4.69, 9.17) is 4.52 Å². The average Bonchev–Trinajstić information content (AvgIpc) is 3.44. The first-order chi connectivity index (χ1) is 15.2. The molecule has 1 aliphatic heterocycles. The van der Waals surface area contributed by atoms with Gasteiger partial charge in [-0.3, -0.25) is 4.90 Å². The van der Waals surface area contributed by atoms with Crippen molar-refractivity contribution in [2.24, 2.45) is 0 Å². The number of aromatic nitrogens is 4. The Balaban J connectivity index is 1.24. The van der Waals surface area contributed by atoms with Crippen molar-refractivity contribution in [1.82, 2.24) is 25.0 Å². The first kappa shape index (κ1) is 19.8. The molecule has 31 heavy (non-hydrogen) atoms. The normalized spacial score (nSPS) is 15.1. The predicted octanol–water partition coefficient (Wildman–Crippen LogP) is 3.66. The molecular formula is C20H18F2N6O2S. The van der Waals surface area contributed by atoms with Crippen LogP contribution in [0.5, 0.6) is 5.75 Å². The monoisotopic (exact) mass is 444 g/mol. The number of benzene rings is 1. The van der Waals surface area contributed by atoms with Gasteiger partial charge in [0, 0.05) is 26.2 Å². The Kier molecular flexibility index (Phi) is 5.43. The van der Waals surface area contributed by atoms with Crippen LogP contribution in [0.4, 0.5) is 14.6 Å². The summed E-state index contributed by atoms with van der Waals surface area (Å²) >= 11 is 1.61. The topological polar surface area (TPSA) is 80.4 Å². The number of hydrogen-bond acceptors (Lipinski definition) is 9. The molecule has 0 bridgehead atoms. The van der Waals surface area contributed by atoms with Crippen LogP contribution in [-0.4, -0.2) is 57.8 Å². The number of thiophene rings is 1. The number of nitrogens with zero attached hydrogens (tertiary/aromatic N) is 6. The van der Waals surface area contributed by atoms with Crippen LogP contribution in [0.2, 0.25) is 0 Å². The van der Waals surface area contributed by atoms with Gasteiger partial charge in [-0.15, -0.1) is 11.3 Å². The van der Waals surface area contributed by atoms with Crippen LogP contribution in [0.15, 0.2) is 46.6 Å². The third-order valence-corrected chi connectivity index (χ3v) is 5.90. The van der Waals surface area contributed by atoms with E-state index in [1.165, 1.54) is 6.07 Å². The molecule has 4 aromatic rings. The summed E-state index contributed by atoms with van der Waals surface area (Å²) in [5, 5.41) is 7.05. The highest BCUT2D eigenvalue weighted by atomic mass is 32.1. The second-order valence-electron chi connectivity index (χ2n) is 6.99. The van der Waals surface area contributed by atoms with Crippen molar-refractivity contribution in [1.29, 1.82) is 0 Å². The summed E-state index contributed by atoms with van der Waals surface area (Å²) in [4.78, 5) is 18.6. The molecule has 0 saturated carbocycles. The lowest BCUT2D eigenvalue weighted by atomic mass is 10.2. The van der Waals surface area contributed by atoms with E-state index in [-0.39, 0.29) is 11.6 Å². The third kappa shape index (κ3) is 4.19. The molecule has 0 atom stereocenters. The van der Waals surface area contributed by atoms with Crippen molar-refractivity contribution >= 4 is 27.4 Å². The van der Waals surface area contributed by atoms with Gasteiger partial charge in [-0.05, 0) is 23.6 Å². The molecule has 0 aliphatic carbocycles. The lowest BCUT2D eigenvalue weighted by molar-refractivity contribution is -0.0494. The van der Waals surface area contributed by atoms with Gasteiger partial charge in [0.05, 0.1) is 17.5 Å². The molecular weight excluding hydrogens is 426 g/mol. The first-order valence-electron chi connectivity index (χ1n) is 9.69. The van der Waals surface area contributed by atoms with Gasteiger partial charge < -0.3 is 14.2 Å². The lowest BCUT2D eigenvalue weighted by Gasteiger charge is -2.34. The van der Waals surface area contributed by atoms with E-state index in [0.717, 1.165) is 42.2 Å². The standard InChI is InChI=1S/C20H18F2N6O2S/c21-20(22)29-15-4-2-1-3-13(15)17-25-16(30-26-17)11-27-6-8-28(9-7-27)18-14-5-10-31-19(14)24-12-23-18/h1-5,10,12,20H,6-9,11H2. The quantitative estimate of drug-likeness (QED) is 0.446. The Hall–Kier alpha value is -3.18. The molecule has 1 saturated heterocycles. The van der Waals surface area contributed by atoms with E-state index in [1.54, 1.807) is 35.9 Å². The SMILES string of the molecule is FC(F)Oc1ccccc1-c1noc(CN2CCN(c3ncnc4sccc34)CC2)n1. The zero-order chi connectivity index (χ0) is 21.2. The van der Waals surface area contributed by atoms with E-state index in [9.17, 15) is 8.78 Å². The minimum atomic E-state index is -2.92. The molecule has 0 radical (unpaired) electrons. The van der Waals surface area contributed by atoms with Crippen molar-refractivity contribution < 1.29 is 18.0 Å². The van der Waals surface area contributed by atoms with Crippen molar-refractivity contribution in [2.45, 2.75) is 13.2 Å². The molecule has 8 nitrogen and oxygen atoms in total. The molecule has 4 heterocycles. The van der Waals surface area contributed by atoms with Gasteiger partial charge in [-0.25, -0.2) is 9.97 Å². The second-order valence-corrected chi connectivity index (χ2v) is 7.88. The molecule has 1 fully saturated rings. The maximum Gasteiger partial charge on any atom is 0.387 e. The summed E-state index contributed by atoms with van der Waals surface area (Å²) in [6.07, 6.45) is 1.61. The van der Waals surface area contributed by atoms with Crippen molar-refractivity contribution in [3.8, 4) is 17.1 Å². The molecule has 160 valence electrons. The van der Waals surface area contributed by atoms with E-state index in [1.807, 2.05) is 5.38 Å². The largest absolute Gasteiger partial charge is 0.434 e. The van der Waals surface area contributed by atoms with Crippen molar-refractivity contribution in [3.63, 3.8) is 0 Å². The Morgan fingerprint density at radius 3 is 2.77 bits per heavy atom. The van der Waals surface area contributed by atoms with Crippen LogP contribution in [0, 0.1) is 0 Å². The summed E-state index contributed by atoms with van der Waals surface area (Å²) in [5.74, 6) is 1.63. The van der Waals surface area contributed by atoms with Crippen LogP contribution in [0.25, 0.3) is 21.6 Å². The number of piperazine rings is 1. The Morgan fingerprint density at radius 2 is 1.94 bits per heavy atom. The van der Waals surface area contributed by atoms with E-state index in [2.05, 4.69) is 40.7 Å². The lowest BCUT2D eigenvalue weighted by Crippen LogP contribution is -2.46. The highest BCUT2D eigenvalue weighted by Gasteiger charge is 2.22. The molecule has 0 unspecified atom stereocenters.